The van der Waals surface area contributed by atoms with Crippen LogP contribution in [0, 0.1) is 6.92 Å². The topological polar surface area (TPSA) is 93.2 Å². The Kier molecular flexibility index (Phi) is 2.07. The number of hydrazine groups is 1. The van der Waals surface area contributed by atoms with Crippen molar-refractivity contribution in [3.63, 3.8) is 0 Å². The fourth-order valence-corrected chi connectivity index (χ4v) is 0.561. The normalized spacial score (nSPS) is 9.27. The third-order valence-corrected chi connectivity index (χ3v) is 1.10. The number of nitrogens with two attached hydrogens (primary N) is 1. The van der Waals surface area contributed by atoms with E-state index in [0.717, 1.165) is 0 Å². The quantitative estimate of drug-likeness (QED) is 0.302. The summed E-state index contributed by atoms with van der Waals surface area (Å²) in [7, 11) is 0. The van der Waals surface area contributed by atoms with Gasteiger partial charge in [0, 0.05) is 0 Å². The molecule has 0 unspecified atom stereocenters. The van der Waals surface area contributed by atoms with Crippen LogP contribution in [0.5, 0.6) is 0 Å². The van der Waals surface area contributed by atoms with Crippen LogP contribution in [0.25, 0.3) is 0 Å². The number of oxazole rings is 1. The first-order valence-electron chi connectivity index (χ1n) is 2.91. The van der Waals surface area contributed by atoms with E-state index in [-0.39, 0.29) is 0 Å². The van der Waals surface area contributed by atoms with Crippen LogP contribution >= 0.6 is 0 Å². The number of carbonyl (C=O) groups excluding carboxylic acids is 1. The molecule has 0 aliphatic carbocycles. The minimum atomic E-state index is -0.537. The van der Waals surface area contributed by atoms with Crippen molar-refractivity contribution in [2.24, 2.45) is 5.84 Å². The molecule has 0 aromatic carbocycles. The third-order valence-electron chi connectivity index (χ3n) is 1.10. The molecule has 0 bridgehead atoms. The number of nitrogens with zero attached hydrogens (tertiary/aromatic N) is 1. The molecule has 1 aromatic heterocycles. The number of hydrogen-bond acceptors (Lipinski definition) is 4. The lowest BCUT2D eigenvalue weighted by Gasteiger charge is -1.98. The van der Waals surface area contributed by atoms with Gasteiger partial charge in [0.25, 0.3) is 0 Å². The lowest BCUT2D eigenvalue weighted by atomic mass is 10.5. The van der Waals surface area contributed by atoms with Crippen molar-refractivity contribution >= 4 is 11.9 Å². The Labute approximate surface area is 62.7 Å². The van der Waals surface area contributed by atoms with Gasteiger partial charge in [-0.2, -0.15) is 0 Å². The van der Waals surface area contributed by atoms with Crippen LogP contribution in [0.1, 0.15) is 5.69 Å². The zero-order valence-electron chi connectivity index (χ0n) is 5.92. The molecule has 0 radical (unpaired) electrons. The molecule has 11 heavy (non-hydrogen) atoms. The first-order valence-corrected chi connectivity index (χ1v) is 2.91. The summed E-state index contributed by atoms with van der Waals surface area (Å²) in [4.78, 5) is 14.4. The van der Waals surface area contributed by atoms with Gasteiger partial charge in [0.1, 0.15) is 5.69 Å². The molecule has 1 rings (SSSR count). The van der Waals surface area contributed by atoms with Crippen LogP contribution in [-0.4, -0.2) is 11.0 Å². The van der Waals surface area contributed by atoms with Crippen LogP contribution in [0.15, 0.2) is 10.8 Å². The lowest BCUT2D eigenvalue weighted by Crippen LogP contribution is -2.34. The van der Waals surface area contributed by atoms with Crippen LogP contribution in [0.4, 0.5) is 10.7 Å². The molecule has 0 aliphatic heterocycles. The highest BCUT2D eigenvalue weighted by Gasteiger charge is 2.05. The number of rotatable bonds is 1. The van der Waals surface area contributed by atoms with E-state index in [2.05, 4.69) is 10.3 Å². The van der Waals surface area contributed by atoms with E-state index in [4.69, 9.17) is 10.3 Å². The summed E-state index contributed by atoms with van der Waals surface area (Å²) >= 11 is 0. The Morgan fingerprint density at radius 1 is 1.82 bits per heavy atom. The van der Waals surface area contributed by atoms with Gasteiger partial charge >= 0.3 is 6.03 Å². The van der Waals surface area contributed by atoms with Crippen molar-refractivity contribution < 1.29 is 9.21 Å². The number of hydrogen-bond donors (Lipinski definition) is 3. The van der Waals surface area contributed by atoms with Crippen molar-refractivity contribution in [1.82, 2.24) is 10.4 Å². The van der Waals surface area contributed by atoms with Gasteiger partial charge in [0.05, 0.1) is 0 Å². The standard InChI is InChI=1S/C5H8N4O2/c1-3-4(11-2-7-3)8-5(10)9-6/h2H,6H2,1H3,(H2,8,9,10). The summed E-state index contributed by atoms with van der Waals surface area (Å²) in [5.74, 6) is 5.11. The first-order chi connectivity index (χ1) is 5.24. The van der Waals surface area contributed by atoms with Crippen molar-refractivity contribution in [1.29, 1.82) is 0 Å². The van der Waals surface area contributed by atoms with Crippen LogP contribution in [0.3, 0.4) is 0 Å². The molecule has 4 N–H and O–H groups in total. The highest BCUT2D eigenvalue weighted by Crippen LogP contribution is 2.10. The van der Waals surface area contributed by atoms with Gasteiger partial charge in [-0.15, -0.1) is 0 Å². The SMILES string of the molecule is Cc1ncoc1NC(=O)NN. The number of carbonyl (C=O) groups is 1. The zero-order valence-corrected chi connectivity index (χ0v) is 5.92. The molecular formula is C5H8N4O2. The van der Waals surface area contributed by atoms with Crippen molar-refractivity contribution in [2.75, 3.05) is 5.32 Å². The summed E-state index contributed by atoms with van der Waals surface area (Å²) in [6, 6.07) is -0.537. The second kappa shape index (κ2) is 3.02. The summed E-state index contributed by atoms with van der Waals surface area (Å²) in [6.07, 6.45) is 1.24. The van der Waals surface area contributed by atoms with Crippen LogP contribution < -0.4 is 16.6 Å². The summed E-state index contributed by atoms with van der Waals surface area (Å²) < 4.78 is 4.80. The van der Waals surface area contributed by atoms with E-state index in [0.29, 0.717) is 11.6 Å². The minimum absolute atomic E-state index is 0.299. The molecule has 6 heteroatoms. The molecule has 60 valence electrons. The van der Waals surface area contributed by atoms with Crippen LogP contribution in [0.2, 0.25) is 0 Å². The smallest absolute Gasteiger partial charge is 0.335 e. The lowest BCUT2D eigenvalue weighted by molar-refractivity contribution is 0.252. The molecule has 0 atom stereocenters. The predicted octanol–water partition coefficient (Wildman–Crippen LogP) is -0.0218. The Morgan fingerprint density at radius 3 is 3.00 bits per heavy atom. The average molecular weight is 156 g/mol. The highest BCUT2D eigenvalue weighted by molar-refractivity contribution is 5.87. The fraction of sp³-hybridized carbons (Fsp3) is 0.200. The van der Waals surface area contributed by atoms with Crippen molar-refractivity contribution in [3.05, 3.63) is 12.1 Å². The van der Waals surface area contributed by atoms with E-state index in [9.17, 15) is 4.79 Å². The van der Waals surface area contributed by atoms with E-state index in [1.54, 1.807) is 6.92 Å². The molecule has 6 nitrogen and oxygen atoms in total. The number of amides is 2. The van der Waals surface area contributed by atoms with Gasteiger partial charge in [0.2, 0.25) is 5.88 Å². The maximum atomic E-state index is 10.6. The molecule has 0 saturated heterocycles. The Hall–Kier alpha value is -1.56. The second-order valence-electron chi connectivity index (χ2n) is 1.87. The van der Waals surface area contributed by atoms with Gasteiger partial charge in [0.15, 0.2) is 6.39 Å². The van der Waals surface area contributed by atoms with E-state index >= 15 is 0 Å². The number of aromatic nitrogens is 1. The van der Waals surface area contributed by atoms with Crippen molar-refractivity contribution in [3.8, 4) is 0 Å². The van der Waals surface area contributed by atoms with E-state index in [1.807, 2.05) is 5.43 Å². The maximum absolute atomic E-state index is 10.6. The molecule has 1 heterocycles. The number of anilines is 1. The summed E-state index contributed by atoms with van der Waals surface area (Å²) in [5.41, 5.74) is 2.50. The summed E-state index contributed by atoms with van der Waals surface area (Å²) in [6.45, 7) is 1.70. The Morgan fingerprint density at radius 2 is 2.55 bits per heavy atom. The Bertz CT molecular complexity index is 257. The predicted molar refractivity (Wildman–Crippen MR) is 37.6 cm³/mol. The van der Waals surface area contributed by atoms with Gasteiger partial charge < -0.3 is 4.42 Å². The first kappa shape index (κ1) is 7.55. The van der Waals surface area contributed by atoms with Gasteiger partial charge in [-0.1, -0.05) is 0 Å². The minimum Gasteiger partial charge on any atom is -0.427 e. The largest absolute Gasteiger partial charge is 0.427 e. The molecule has 2 amide bonds. The number of nitrogens with one attached hydrogen (secondary N) is 2. The third kappa shape index (κ3) is 1.68. The Balaban J connectivity index is 2.64. The molecule has 0 saturated carbocycles. The number of urea groups is 1. The van der Waals surface area contributed by atoms with Gasteiger partial charge in [-0.25, -0.2) is 15.6 Å². The maximum Gasteiger partial charge on any atom is 0.335 e. The van der Waals surface area contributed by atoms with Gasteiger partial charge in [-0.05, 0) is 6.92 Å². The van der Waals surface area contributed by atoms with Crippen molar-refractivity contribution in [2.45, 2.75) is 6.92 Å². The second-order valence-corrected chi connectivity index (χ2v) is 1.87. The van der Waals surface area contributed by atoms with E-state index in [1.165, 1.54) is 6.39 Å². The fourth-order valence-electron chi connectivity index (χ4n) is 0.561. The highest BCUT2D eigenvalue weighted by atomic mass is 16.4. The molecule has 0 spiro atoms. The van der Waals surface area contributed by atoms with E-state index < -0.39 is 6.03 Å². The monoisotopic (exact) mass is 156 g/mol. The van der Waals surface area contributed by atoms with Crippen LogP contribution in [-0.2, 0) is 0 Å². The average Bonchev–Trinajstić information content (AvgIpc) is 2.37. The molecule has 0 fully saturated rings. The van der Waals surface area contributed by atoms with Gasteiger partial charge in [-0.3, -0.25) is 10.7 Å². The number of aryl methyl sites for hydroxylation is 1. The molecular weight excluding hydrogens is 148 g/mol. The molecule has 0 aliphatic rings. The zero-order chi connectivity index (χ0) is 8.27. The summed E-state index contributed by atoms with van der Waals surface area (Å²) in [5, 5.41) is 2.34. The molecule has 1 aromatic rings.